The van der Waals surface area contributed by atoms with Crippen LogP contribution in [0.15, 0.2) is 6.20 Å². The lowest BCUT2D eigenvalue weighted by molar-refractivity contribution is 1.08. The van der Waals surface area contributed by atoms with Crippen LogP contribution < -0.4 is 0 Å². The Labute approximate surface area is 71.8 Å². The molecule has 0 amide bonds. The van der Waals surface area contributed by atoms with Crippen molar-refractivity contribution in [3.8, 4) is 0 Å². The van der Waals surface area contributed by atoms with Crippen molar-refractivity contribution in [2.75, 3.05) is 0 Å². The maximum atomic E-state index is 5.49. The van der Waals surface area contributed by atoms with Gasteiger partial charge >= 0.3 is 0 Å². The summed E-state index contributed by atoms with van der Waals surface area (Å²) >= 11 is 7.65. The molecule has 0 aliphatic heterocycles. The van der Waals surface area contributed by atoms with E-state index in [9.17, 15) is 0 Å². The number of rotatable bonds is 0. The smallest absolute Gasteiger partial charge is 0.222 e. The Hall–Kier alpha value is 0.100. The van der Waals surface area contributed by atoms with Crippen molar-refractivity contribution in [1.29, 1.82) is 0 Å². The third kappa shape index (κ3) is 1.76. The molecule has 1 rings (SSSR count). The summed E-state index contributed by atoms with van der Waals surface area (Å²) in [6, 6.07) is 0. The van der Waals surface area contributed by atoms with Gasteiger partial charge in [0.15, 0.2) is 0 Å². The minimum atomic E-state index is 0.313. The highest BCUT2D eigenvalue weighted by Gasteiger charge is 1.95. The zero-order valence-corrected chi connectivity index (χ0v) is 7.64. The Morgan fingerprint density at radius 1 is 1.67 bits per heavy atom. The molecule has 0 fully saturated rings. The largest absolute Gasteiger partial charge is 0.225 e. The normalized spacial score (nSPS) is 9.67. The first-order chi connectivity index (χ1) is 4.20. The molecule has 0 aliphatic rings. The predicted molar refractivity (Wildman–Crippen MR) is 44.5 cm³/mol. The van der Waals surface area contributed by atoms with Crippen LogP contribution in [0.25, 0.3) is 0 Å². The van der Waals surface area contributed by atoms with E-state index in [2.05, 4.69) is 32.6 Å². The van der Waals surface area contributed by atoms with Crippen molar-refractivity contribution in [2.45, 2.75) is 6.92 Å². The molecule has 0 unspecified atom stereocenters. The van der Waals surface area contributed by atoms with Gasteiger partial charge in [0.2, 0.25) is 5.28 Å². The molecule has 1 aromatic rings. The van der Waals surface area contributed by atoms with E-state index >= 15 is 0 Å². The quantitative estimate of drug-likeness (QED) is 0.523. The van der Waals surface area contributed by atoms with Crippen LogP contribution in [0.3, 0.4) is 0 Å². The van der Waals surface area contributed by atoms with Crippen molar-refractivity contribution in [3.63, 3.8) is 0 Å². The summed E-state index contributed by atoms with van der Waals surface area (Å²) in [5, 5.41) is 0.313. The first kappa shape index (κ1) is 7.21. The maximum Gasteiger partial charge on any atom is 0.222 e. The lowest BCUT2D eigenvalue weighted by Crippen LogP contribution is -1.88. The van der Waals surface area contributed by atoms with Gasteiger partial charge in [0.25, 0.3) is 0 Å². The summed E-state index contributed by atoms with van der Waals surface area (Å²) in [7, 11) is 0. The van der Waals surface area contributed by atoms with E-state index < -0.39 is 0 Å². The van der Waals surface area contributed by atoms with E-state index in [1.807, 2.05) is 6.92 Å². The molecule has 0 N–H and O–H groups in total. The second-order valence-corrected chi connectivity index (χ2v) is 3.07. The van der Waals surface area contributed by atoms with Crippen molar-refractivity contribution < 1.29 is 0 Å². The predicted octanol–water partition coefficient (Wildman–Crippen LogP) is 2.04. The van der Waals surface area contributed by atoms with Gasteiger partial charge in [0.1, 0.15) is 0 Å². The summed E-state index contributed by atoms with van der Waals surface area (Å²) in [4.78, 5) is 7.71. The second-order valence-electron chi connectivity index (χ2n) is 1.57. The maximum absolute atomic E-state index is 5.49. The summed E-state index contributed by atoms with van der Waals surface area (Å²) < 4.78 is 1.04. The lowest BCUT2D eigenvalue weighted by atomic mass is 10.5. The molecule has 0 saturated heterocycles. The Kier molecular flexibility index (Phi) is 2.23. The summed E-state index contributed by atoms with van der Waals surface area (Å²) in [6.07, 6.45) is 1.70. The molecule has 0 aliphatic carbocycles. The molecule has 9 heavy (non-hydrogen) atoms. The van der Waals surface area contributed by atoms with Gasteiger partial charge in [-0.2, -0.15) is 0 Å². The molecule has 0 spiro atoms. The van der Waals surface area contributed by atoms with Crippen LogP contribution in [0.5, 0.6) is 0 Å². The van der Waals surface area contributed by atoms with Crippen LogP contribution in [0, 0.1) is 10.5 Å². The van der Waals surface area contributed by atoms with E-state index in [0.29, 0.717) is 5.28 Å². The van der Waals surface area contributed by atoms with E-state index in [1.54, 1.807) is 6.20 Å². The number of nitrogens with zero attached hydrogens (tertiary/aromatic N) is 2. The van der Waals surface area contributed by atoms with Gasteiger partial charge in [-0.25, -0.2) is 9.97 Å². The van der Waals surface area contributed by atoms with Gasteiger partial charge in [-0.05, 0) is 41.1 Å². The minimum absolute atomic E-state index is 0.313. The number of hydrogen-bond donors (Lipinski definition) is 0. The van der Waals surface area contributed by atoms with Crippen LogP contribution >= 0.6 is 34.2 Å². The molecule has 0 atom stereocenters. The fourth-order valence-corrected chi connectivity index (χ4v) is 0.859. The molecule has 4 heteroatoms. The fraction of sp³-hybridized carbons (Fsp3) is 0.200. The van der Waals surface area contributed by atoms with Gasteiger partial charge in [-0.1, -0.05) is 0 Å². The minimum Gasteiger partial charge on any atom is -0.225 e. The number of hydrogen-bond acceptors (Lipinski definition) is 2. The summed E-state index contributed by atoms with van der Waals surface area (Å²) in [6.45, 7) is 1.90. The zero-order chi connectivity index (χ0) is 6.85. The van der Waals surface area contributed by atoms with Crippen molar-refractivity contribution in [3.05, 3.63) is 20.7 Å². The SMILES string of the molecule is Cc1nc(Cl)ncc1I. The van der Waals surface area contributed by atoms with Crippen molar-refractivity contribution in [1.82, 2.24) is 9.97 Å². The monoisotopic (exact) mass is 254 g/mol. The molecular weight excluding hydrogens is 250 g/mol. The molecular formula is C5H4ClIN2. The highest BCUT2D eigenvalue weighted by Crippen LogP contribution is 2.08. The fourth-order valence-electron chi connectivity index (χ4n) is 0.424. The highest BCUT2D eigenvalue weighted by atomic mass is 127. The van der Waals surface area contributed by atoms with E-state index in [0.717, 1.165) is 9.26 Å². The Morgan fingerprint density at radius 3 is 2.78 bits per heavy atom. The number of aromatic nitrogens is 2. The van der Waals surface area contributed by atoms with Crippen molar-refractivity contribution >= 4 is 34.2 Å². The molecule has 1 aromatic heterocycles. The van der Waals surface area contributed by atoms with Crippen LogP contribution in [0.2, 0.25) is 5.28 Å². The second kappa shape index (κ2) is 2.79. The van der Waals surface area contributed by atoms with Gasteiger partial charge in [0, 0.05) is 6.20 Å². The van der Waals surface area contributed by atoms with Crippen LogP contribution in [-0.2, 0) is 0 Å². The van der Waals surface area contributed by atoms with Crippen LogP contribution in [-0.4, -0.2) is 9.97 Å². The van der Waals surface area contributed by atoms with E-state index in [4.69, 9.17) is 11.6 Å². The summed E-state index contributed by atoms with van der Waals surface area (Å²) in [5.41, 5.74) is 0.926. The average Bonchev–Trinajstić information content (AvgIpc) is 1.80. The average molecular weight is 254 g/mol. The molecule has 0 bridgehead atoms. The Balaban J connectivity index is 3.17. The number of halogens is 2. The number of aryl methyl sites for hydroxylation is 1. The van der Waals surface area contributed by atoms with E-state index in [-0.39, 0.29) is 0 Å². The van der Waals surface area contributed by atoms with Gasteiger partial charge in [-0.15, -0.1) is 0 Å². The van der Waals surface area contributed by atoms with Gasteiger partial charge in [-0.3, -0.25) is 0 Å². The Bertz CT molecular complexity index is 226. The molecule has 48 valence electrons. The van der Waals surface area contributed by atoms with Crippen molar-refractivity contribution in [2.24, 2.45) is 0 Å². The third-order valence-electron chi connectivity index (χ3n) is 0.890. The first-order valence-electron chi connectivity index (χ1n) is 2.35. The third-order valence-corrected chi connectivity index (χ3v) is 2.13. The molecule has 2 nitrogen and oxygen atoms in total. The Morgan fingerprint density at radius 2 is 2.33 bits per heavy atom. The standard InChI is InChI=1S/C5H4ClIN2/c1-3-4(7)2-8-5(6)9-3/h2H,1H3. The summed E-state index contributed by atoms with van der Waals surface area (Å²) in [5.74, 6) is 0. The molecule has 0 radical (unpaired) electrons. The molecule has 1 heterocycles. The van der Waals surface area contributed by atoms with E-state index in [1.165, 1.54) is 0 Å². The first-order valence-corrected chi connectivity index (χ1v) is 3.80. The van der Waals surface area contributed by atoms with Gasteiger partial charge < -0.3 is 0 Å². The van der Waals surface area contributed by atoms with Crippen LogP contribution in [0.1, 0.15) is 5.69 Å². The molecule has 0 aromatic carbocycles. The molecule has 0 saturated carbocycles. The lowest BCUT2D eigenvalue weighted by Gasteiger charge is -1.93. The van der Waals surface area contributed by atoms with Crippen LogP contribution in [0.4, 0.5) is 0 Å². The van der Waals surface area contributed by atoms with Gasteiger partial charge in [0.05, 0.1) is 9.26 Å². The zero-order valence-electron chi connectivity index (χ0n) is 4.73. The highest BCUT2D eigenvalue weighted by molar-refractivity contribution is 14.1. The topological polar surface area (TPSA) is 25.8 Å².